The Kier molecular flexibility index (Phi) is 6.52. The summed E-state index contributed by atoms with van der Waals surface area (Å²) >= 11 is 5.89. The summed E-state index contributed by atoms with van der Waals surface area (Å²) in [6, 6.07) is 5.90. The summed E-state index contributed by atoms with van der Waals surface area (Å²) < 4.78 is 46.1. The largest absolute Gasteiger partial charge is 0.350 e. The summed E-state index contributed by atoms with van der Waals surface area (Å²) in [7, 11) is -7.43. The van der Waals surface area contributed by atoms with Gasteiger partial charge in [-0.15, -0.1) is 0 Å². The fraction of sp³-hybridized carbons (Fsp3) is 0.267. The fourth-order valence-corrected chi connectivity index (χ4v) is 3.43. The zero-order valence-corrected chi connectivity index (χ0v) is 16.6. The van der Waals surface area contributed by atoms with E-state index in [0.717, 1.165) is 11.8 Å². The van der Waals surface area contributed by atoms with Crippen LogP contribution in [0.1, 0.15) is 23.0 Å². The van der Waals surface area contributed by atoms with E-state index in [1.165, 1.54) is 19.1 Å². The van der Waals surface area contributed by atoms with Crippen LogP contribution in [0.25, 0.3) is 0 Å². The molecule has 0 aliphatic carbocycles. The van der Waals surface area contributed by atoms with Crippen molar-refractivity contribution in [1.29, 1.82) is 0 Å². The van der Waals surface area contributed by atoms with Gasteiger partial charge in [-0.1, -0.05) is 30.7 Å². The first-order valence-electron chi connectivity index (χ1n) is 7.70. The molecule has 0 unspecified atom stereocenters. The Morgan fingerprint density at radius 1 is 1.19 bits per heavy atom. The van der Waals surface area contributed by atoms with Crippen molar-refractivity contribution in [2.24, 2.45) is 5.14 Å². The monoisotopic (exact) mass is 432 g/mol. The van der Waals surface area contributed by atoms with Crippen molar-refractivity contribution in [3.8, 4) is 0 Å². The number of rotatable bonds is 7. The second kappa shape index (κ2) is 8.30. The second-order valence-electron chi connectivity index (χ2n) is 5.45. The first-order chi connectivity index (χ1) is 12.5. The molecule has 0 spiro atoms. The molecule has 0 saturated heterocycles. The van der Waals surface area contributed by atoms with E-state index < -0.39 is 30.9 Å². The lowest BCUT2D eigenvalue weighted by molar-refractivity contribution is 0.0948. The molecule has 0 radical (unpaired) electrons. The van der Waals surface area contributed by atoms with Crippen LogP contribution in [-0.2, 0) is 26.3 Å². The van der Waals surface area contributed by atoms with E-state index >= 15 is 0 Å². The maximum atomic E-state index is 12.2. The average molecular weight is 433 g/mol. The number of nitrogens with zero attached hydrogens (tertiary/aromatic N) is 2. The Morgan fingerprint density at radius 3 is 2.37 bits per heavy atom. The molecule has 1 heterocycles. The summed E-state index contributed by atoms with van der Waals surface area (Å²) in [5, 5.41) is 7.07. The van der Waals surface area contributed by atoms with Gasteiger partial charge in [0.25, 0.3) is 5.91 Å². The zero-order valence-electron chi connectivity index (χ0n) is 14.2. The molecule has 0 aliphatic rings. The molecule has 3 N–H and O–H groups in total. The molecule has 1 aromatic heterocycles. The third-order valence-corrected chi connectivity index (χ3v) is 6.27. The van der Waals surface area contributed by atoms with Crippen molar-refractivity contribution in [3.05, 3.63) is 46.7 Å². The van der Waals surface area contributed by atoms with Gasteiger partial charge in [-0.25, -0.2) is 31.9 Å². The van der Waals surface area contributed by atoms with E-state index in [9.17, 15) is 21.6 Å². The zero-order chi connectivity index (χ0) is 20.2. The summed E-state index contributed by atoms with van der Waals surface area (Å²) in [5.74, 6) is -0.847. The Morgan fingerprint density at radius 2 is 1.81 bits per heavy atom. The molecule has 1 amide bonds. The number of benzene rings is 1. The maximum absolute atomic E-state index is 12.2. The molecule has 0 atom stereocenters. The minimum atomic E-state index is -3.76. The van der Waals surface area contributed by atoms with Gasteiger partial charge >= 0.3 is 0 Å². The molecule has 0 bridgehead atoms. The number of hydrogen-bond donors (Lipinski definition) is 2. The van der Waals surface area contributed by atoms with Gasteiger partial charge in [-0.05, 0) is 24.1 Å². The Bertz CT molecular complexity index is 1050. The SMILES string of the molecule is CCS(=O)(=O)c1ncc(Cl)c(C(=O)NCCc2ccc(S(N)(=O)=O)cc2)n1. The Balaban J connectivity index is 2.05. The molecule has 0 saturated carbocycles. The standard InChI is InChI=1S/C15H17ClN4O5S2/c1-2-26(22,23)15-19-9-12(16)13(20-15)14(21)18-8-7-10-3-5-11(6-4-10)27(17,24)25/h3-6,9H,2,7-8H2,1H3,(H,18,21)(H2,17,24,25). The molecule has 1 aromatic carbocycles. The molecule has 0 fully saturated rings. The Hall–Kier alpha value is -2.08. The van der Waals surface area contributed by atoms with Crippen molar-refractivity contribution in [1.82, 2.24) is 15.3 Å². The predicted octanol–water partition coefficient (Wildman–Crippen LogP) is 0.543. The van der Waals surface area contributed by atoms with Crippen LogP contribution in [0, 0.1) is 0 Å². The fourth-order valence-electron chi connectivity index (χ4n) is 2.04. The number of nitrogens with one attached hydrogen (secondary N) is 1. The van der Waals surface area contributed by atoms with E-state index in [4.69, 9.17) is 16.7 Å². The van der Waals surface area contributed by atoms with E-state index in [-0.39, 0.29) is 27.9 Å². The van der Waals surface area contributed by atoms with Gasteiger partial charge in [0.05, 0.1) is 21.9 Å². The van der Waals surface area contributed by atoms with Crippen LogP contribution in [0.3, 0.4) is 0 Å². The normalized spacial score (nSPS) is 12.0. The van der Waals surface area contributed by atoms with Crippen LogP contribution in [0.2, 0.25) is 5.02 Å². The lowest BCUT2D eigenvalue weighted by atomic mass is 10.1. The molecule has 2 rings (SSSR count). The quantitative estimate of drug-likeness (QED) is 0.606. The van der Waals surface area contributed by atoms with Crippen LogP contribution < -0.4 is 10.5 Å². The van der Waals surface area contributed by atoms with Gasteiger partial charge in [-0.2, -0.15) is 0 Å². The number of aromatic nitrogens is 2. The molecule has 146 valence electrons. The molecular formula is C15H17ClN4O5S2. The summed E-state index contributed by atoms with van der Waals surface area (Å²) in [5.41, 5.74) is 0.536. The summed E-state index contributed by atoms with van der Waals surface area (Å²) in [4.78, 5) is 19.6. The smallest absolute Gasteiger partial charge is 0.271 e. The van der Waals surface area contributed by atoms with Gasteiger partial charge in [0, 0.05) is 6.54 Å². The van der Waals surface area contributed by atoms with E-state index in [1.54, 1.807) is 12.1 Å². The number of nitrogens with two attached hydrogens (primary N) is 1. The van der Waals surface area contributed by atoms with E-state index in [2.05, 4.69) is 15.3 Å². The highest BCUT2D eigenvalue weighted by Crippen LogP contribution is 2.15. The highest BCUT2D eigenvalue weighted by atomic mass is 35.5. The third kappa shape index (κ3) is 5.45. The molecule has 12 heteroatoms. The highest BCUT2D eigenvalue weighted by Gasteiger charge is 2.20. The van der Waals surface area contributed by atoms with Gasteiger partial charge in [-0.3, -0.25) is 4.79 Å². The minimum absolute atomic E-state index is 0.00674. The molecular weight excluding hydrogens is 416 g/mol. The van der Waals surface area contributed by atoms with Crippen LogP contribution in [0.5, 0.6) is 0 Å². The third-order valence-electron chi connectivity index (χ3n) is 3.55. The number of carbonyl (C=O) groups is 1. The number of primary sulfonamides is 1. The number of hydrogen-bond acceptors (Lipinski definition) is 7. The lowest BCUT2D eigenvalue weighted by Gasteiger charge is -2.08. The van der Waals surface area contributed by atoms with Crippen molar-refractivity contribution >= 4 is 37.4 Å². The molecule has 2 aromatic rings. The number of halogens is 1. The number of carbonyl (C=O) groups excluding carboxylic acids is 1. The summed E-state index contributed by atoms with van der Waals surface area (Å²) in [6.45, 7) is 1.64. The van der Waals surface area contributed by atoms with Crippen molar-refractivity contribution < 1.29 is 21.6 Å². The molecule has 0 aliphatic heterocycles. The number of sulfonamides is 1. The van der Waals surface area contributed by atoms with Crippen LogP contribution in [0.4, 0.5) is 0 Å². The Labute approximate surface area is 161 Å². The van der Waals surface area contributed by atoms with Crippen LogP contribution in [0.15, 0.2) is 40.5 Å². The van der Waals surface area contributed by atoms with Crippen LogP contribution in [-0.4, -0.2) is 45.0 Å². The summed E-state index contributed by atoms with van der Waals surface area (Å²) in [6.07, 6.45) is 1.47. The first-order valence-corrected chi connectivity index (χ1v) is 11.3. The van der Waals surface area contributed by atoms with Gasteiger partial charge in [0.2, 0.25) is 25.0 Å². The van der Waals surface area contributed by atoms with Crippen molar-refractivity contribution in [2.45, 2.75) is 23.4 Å². The average Bonchev–Trinajstić information content (AvgIpc) is 2.61. The second-order valence-corrected chi connectivity index (χ2v) is 9.59. The van der Waals surface area contributed by atoms with Crippen molar-refractivity contribution in [3.63, 3.8) is 0 Å². The first kappa shape index (κ1) is 21.2. The highest BCUT2D eigenvalue weighted by molar-refractivity contribution is 7.91. The molecule has 9 nitrogen and oxygen atoms in total. The van der Waals surface area contributed by atoms with E-state index in [1.807, 2.05) is 0 Å². The van der Waals surface area contributed by atoms with Crippen molar-refractivity contribution in [2.75, 3.05) is 12.3 Å². The van der Waals surface area contributed by atoms with Gasteiger partial charge in [0.1, 0.15) is 0 Å². The predicted molar refractivity (Wildman–Crippen MR) is 98.6 cm³/mol. The maximum Gasteiger partial charge on any atom is 0.271 e. The number of amides is 1. The van der Waals surface area contributed by atoms with E-state index in [0.29, 0.717) is 6.42 Å². The lowest BCUT2D eigenvalue weighted by Crippen LogP contribution is -2.27. The molecule has 27 heavy (non-hydrogen) atoms. The van der Waals surface area contributed by atoms with Gasteiger partial charge in [0.15, 0.2) is 5.69 Å². The van der Waals surface area contributed by atoms with Gasteiger partial charge < -0.3 is 5.32 Å². The number of sulfone groups is 1. The topological polar surface area (TPSA) is 149 Å². The minimum Gasteiger partial charge on any atom is -0.350 e. The van der Waals surface area contributed by atoms with Crippen LogP contribution >= 0.6 is 11.6 Å².